The highest BCUT2D eigenvalue weighted by molar-refractivity contribution is 8.00. The van der Waals surface area contributed by atoms with E-state index in [1.165, 1.54) is 11.8 Å². The van der Waals surface area contributed by atoms with Gasteiger partial charge < -0.3 is 15.5 Å². The lowest BCUT2D eigenvalue weighted by Crippen LogP contribution is -2.41. The van der Waals surface area contributed by atoms with Gasteiger partial charge in [-0.25, -0.2) is 4.68 Å². The van der Waals surface area contributed by atoms with E-state index in [0.717, 1.165) is 33.7 Å². The molecule has 0 aliphatic carbocycles. The second-order valence-corrected chi connectivity index (χ2v) is 9.40. The maximum absolute atomic E-state index is 13.5. The van der Waals surface area contributed by atoms with Crippen molar-refractivity contribution < 1.29 is 9.53 Å². The number of hydrogen-bond acceptors (Lipinski definition) is 6. The van der Waals surface area contributed by atoms with E-state index in [9.17, 15) is 4.79 Å². The summed E-state index contributed by atoms with van der Waals surface area (Å²) in [5.41, 5.74) is 8.40. The van der Waals surface area contributed by atoms with E-state index < -0.39 is 5.25 Å². The summed E-state index contributed by atoms with van der Waals surface area (Å²) in [6, 6.07) is 23.4. The van der Waals surface area contributed by atoms with E-state index in [1.807, 2.05) is 85.3 Å². The summed E-state index contributed by atoms with van der Waals surface area (Å²) in [7, 11) is 1.64. The van der Waals surface area contributed by atoms with E-state index in [1.54, 1.807) is 7.11 Å². The van der Waals surface area contributed by atoms with Gasteiger partial charge in [0.05, 0.1) is 13.2 Å². The van der Waals surface area contributed by atoms with Crippen molar-refractivity contribution in [2.45, 2.75) is 30.3 Å². The summed E-state index contributed by atoms with van der Waals surface area (Å²) in [4.78, 5) is 13.5. The summed E-state index contributed by atoms with van der Waals surface area (Å²) in [6.45, 7) is 4.04. The van der Waals surface area contributed by atoms with Crippen molar-refractivity contribution in [2.24, 2.45) is 0 Å². The fourth-order valence-electron chi connectivity index (χ4n) is 4.15. The first-order valence-electron chi connectivity index (χ1n) is 11.0. The third kappa shape index (κ3) is 4.36. The van der Waals surface area contributed by atoms with E-state index in [-0.39, 0.29) is 11.9 Å². The lowest BCUT2D eigenvalue weighted by Gasteiger charge is -2.33. The SMILES string of the molecule is COc1ccc([C@H]2Nn3c(nnc3-c3ccccc3)S[C@H]2C(=O)Nc2cc(C)cc(C)c2)cc1. The predicted molar refractivity (Wildman–Crippen MR) is 135 cm³/mol. The highest BCUT2D eigenvalue weighted by Crippen LogP contribution is 2.39. The largest absolute Gasteiger partial charge is 0.497 e. The highest BCUT2D eigenvalue weighted by atomic mass is 32.2. The number of nitrogens with one attached hydrogen (secondary N) is 2. The molecule has 0 saturated carbocycles. The molecular weight excluding hydrogens is 446 g/mol. The number of anilines is 1. The molecule has 0 bridgehead atoms. The lowest BCUT2D eigenvalue weighted by molar-refractivity contribution is -0.116. The summed E-state index contributed by atoms with van der Waals surface area (Å²) in [6.07, 6.45) is 0. The van der Waals surface area contributed by atoms with Gasteiger partial charge in [-0.15, -0.1) is 10.2 Å². The van der Waals surface area contributed by atoms with Crippen molar-refractivity contribution in [1.82, 2.24) is 14.9 Å². The zero-order valence-corrected chi connectivity index (χ0v) is 20.0. The second-order valence-electron chi connectivity index (χ2n) is 8.29. The average molecular weight is 472 g/mol. The Bertz CT molecular complexity index is 1300. The van der Waals surface area contributed by atoms with Crippen LogP contribution in [0.4, 0.5) is 5.69 Å². The number of carbonyl (C=O) groups is 1. The monoisotopic (exact) mass is 471 g/mol. The summed E-state index contributed by atoms with van der Waals surface area (Å²) >= 11 is 1.40. The highest BCUT2D eigenvalue weighted by Gasteiger charge is 2.38. The van der Waals surface area contributed by atoms with Crippen molar-refractivity contribution in [3.63, 3.8) is 0 Å². The molecule has 1 aliphatic rings. The number of carbonyl (C=O) groups excluding carboxylic acids is 1. The lowest BCUT2D eigenvalue weighted by atomic mass is 10.0. The van der Waals surface area contributed by atoms with Crippen LogP contribution in [0, 0.1) is 13.8 Å². The van der Waals surface area contributed by atoms with Gasteiger partial charge in [0.1, 0.15) is 11.0 Å². The Morgan fingerprint density at radius 2 is 1.71 bits per heavy atom. The molecule has 1 amide bonds. The molecule has 34 heavy (non-hydrogen) atoms. The van der Waals surface area contributed by atoms with Crippen LogP contribution in [-0.2, 0) is 4.79 Å². The Hall–Kier alpha value is -3.78. The Labute approximate surface area is 202 Å². The molecule has 0 radical (unpaired) electrons. The number of aromatic nitrogens is 3. The molecule has 0 unspecified atom stereocenters. The summed E-state index contributed by atoms with van der Waals surface area (Å²) < 4.78 is 7.19. The molecule has 2 atom stereocenters. The molecule has 0 fully saturated rings. The number of benzene rings is 3. The zero-order chi connectivity index (χ0) is 23.7. The van der Waals surface area contributed by atoms with Crippen molar-refractivity contribution in [3.8, 4) is 17.1 Å². The number of ether oxygens (including phenoxy) is 1. The molecule has 7 nitrogen and oxygen atoms in total. The quantitative estimate of drug-likeness (QED) is 0.428. The Balaban J connectivity index is 1.51. The van der Waals surface area contributed by atoms with E-state index in [0.29, 0.717) is 11.0 Å². The first-order valence-corrected chi connectivity index (χ1v) is 11.9. The van der Waals surface area contributed by atoms with Gasteiger partial charge in [0, 0.05) is 11.3 Å². The van der Waals surface area contributed by atoms with Gasteiger partial charge in [-0.2, -0.15) is 0 Å². The molecule has 4 aromatic rings. The minimum Gasteiger partial charge on any atom is -0.497 e. The van der Waals surface area contributed by atoms with Crippen LogP contribution in [0.25, 0.3) is 11.4 Å². The summed E-state index contributed by atoms with van der Waals surface area (Å²) in [5.74, 6) is 1.37. The molecule has 2 N–H and O–H groups in total. The minimum atomic E-state index is -0.463. The predicted octanol–water partition coefficient (Wildman–Crippen LogP) is 4.97. The van der Waals surface area contributed by atoms with E-state index in [2.05, 4.69) is 27.0 Å². The molecule has 5 rings (SSSR count). The number of amides is 1. The molecule has 172 valence electrons. The smallest absolute Gasteiger partial charge is 0.240 e. The number of aryl methyl sites for hydroxylation is 2. The molecular formula is C26H25N5O2S. The van der Waals surface area contributed by atoms with Gasteiger partial charge >= 0.3 is 0 Å². The van der Waals surface area contributed by atoms with Crippen molar-refractivity contribution in [2.75, 3.05) is 17.9 Å². The van der Waals surface area contributed by atoms with Gasteiger partial charge in [0.2, 0.25) is 11.1 Å². The Morgan fingerprint density at radius 1 is 1.00 bits per heavy atom. The fourth-order valence-corrected chi connectivity index (χ4v) is 5.23. The molecule has 0 spiro atoms. The number of nitrogens with zero attached hydrogens (tertiary/aromatic N) is 3. The van der Waals surface area contributed by atoms with Crippen LogP contribution in [0.3, 0.4) is 0 Å². The molecule has 1 aromatic heterocycles. The fraction of sp³-hybridized carbons (Fsp3) is 0.192. The van der Waals surface area contributed by atoms with Crippen LogP contribution in [0.1, 0.15) is 22.7 Å². The molecule has 1 aliphatic heterocycles. The molecule has 0 saturated heterocycles. The van der Waals surface area contributed by atoms with Crippen molar-refractivity contribution >= 4 is 23.4 Å². The zero-order valence-electron chi connectivity index (χ0n) is 19.1. The maximum atomic E-state index is 13.5. The molecule has 8 heteroatoms. The van der Waals surface area contributed by atoms with Crippen LogP contribution in [0.5, 0.6) is 5.75 Å². The van der Waals surface area contributed by atoms with E-state index >= 15 is 0 Å². The first-order chi connectivity index (χ1) is 16.5. The van der Waals surface area contributed by atoms with Gasteiger partial charge in [-0.05, 0) is 54.8 Å². The minimum absolute atomic E-state index is 0.0983. The van der Waals surface area contributed by atoms with Crippen molar-refractivity contribution in [3.05, 3.63) is 89.5 Å². The summed E-state index contributed by atoms with van der Waals surface area (Å²) in [5, 5.41) is 12.1. The van der Waals surface area contributed by atoms with Gasteiger partial charge in [-0.3, -0.25) is 4.79 Å². The number of methoxy groups -OCH3 is 1. The van der Waals surface area contributed by atoms with Crippen LogP contribution in [0.15, 0.2) is 78.0 Å². The average Bonchev–Trinajstić information content (AvgIpc) is 3.26. The molecule has 2 heterocycles. The maximum Gasteiger partial charge on any atom is 0.240 e. The number of thioether (sulfide) groups is 1. The number of fused-ring (bicyclic) bond motifs is 1. The van der Waals surface area contributed by atoms with Crippen LogP contribution in [0.2, 0.25) is 0 Å². The first kappa shape index (κ1) is 22.0. The number of rotatable bonds is 5. The Morgan fingerprint density at radius 3 is 2.38 bits per heavy atom. The third-order valence-corrected chi connectivity index (χ3v) is 6.91. The normalized spacial score (nSPS) is 16.9. The second kappa shape index (κ2) is 9.23. The van der Waals surface area contributed by atoms with Crippen LogP contribution < -0.4 is 15.5 Å². The van der Waals surface area contributed by atoms with Gasteiger partial charge in [0.15, 0.2) is 5.82 Å². The standard InChI is InChI=1S/C26H25N5O2S/c1-16-13-17(2)15-20(14-16)27-25(32)23-22(18-9-11-21(33-3)12-10-18)30-31-24(28-29-26(31)34-23)19-7-5-4-6-8-19/h4-15,22-23,30H,1-3H3,(H,27,32)/t22-,23-/m1/s1. The van der Waals surface area contributed by atoms with Gasteiger partial charge in [0.25, 0.3) is 0 Å². The Kier molecular flexibility index (Phi) is 5.98. The van der Waals surface area contributed by atoms with Gasteiger partial charge in [-0.1, -0.05) is 60.3 Å². The molecule has 3 aromatic carbocycles. The number of hydrogen-bond donors (Lipinski definition) is 2. The van der Waals surface area contributed by atoms with Crippen LogP contribution in [-0.4, -0.2) is 33.1 Å². The van der Waals surface area contributed by atoms with E-state index in [4.69, 9.17) is 4.74 Å². The van der Waals surface area contributed by atoms with Crippen LogP contribution >= 0.6 is 11.8 Å². The topological polar surface area (TPSA) is 81.1 Å². The third-order valence-electron chi connectivity index (χ3n) is 5.69. The van der Waals surface area contributed by atoms with Crippen molar-refractivity contribution in [1.29, 1.82) is 0 Å².